The molecule has 0 bridgehead atoms. The summed E-state index contributed by atoms with van der Waals surface area (Å²) in [6.07, 6.45) is -3.05. The summed E-state index contributed by atoms with van der Waals surface area (Å²) in [6, 6.07) is 0. The third-order valence-corrected chi connectivity index (χ3v) is 2.23. The molecule has 0 rings (SSSR count). The Morgan fingerprint density at radius 1 is 1.38 bits per heavy atom. The molecule has 0 atom stereocenters. The fraction of sp³-hybridized carbons (Fsp3) is 0.500. The van der Waals surface area contributed by atoms with E-state index in [0.717, 1.165) is 0 Å². The van der Waals surface area contributed by atoms with Gasteiger partial charge in [-0.1, -0.05) is 22.5 Å². The van der Waals surface area contributed by atoms with Crippen LogP contribution in [-0.2, 0) is 9.53 Å². The topological polar surface area (TPSA) is 38.3 Å². The van der Waals surface area contributed by atoms with Gasteiger partial charge in [-0.15, -0.1) is 0 Å². The first-order chi connectivity index (χ1) is 9.49. The number of halogens is 4. The van der Waals surface area contributed by atoms with Crippen LogP contribution in [0.2, 0.25) is 0 Å². The number of hydrogen-bond donors (Lipinski definition) is 1. The predicted octanol–water partition coefficient (Wildman–Crippen LogP) is 4.57. The van der Waals surface area contributed by atoms with Gasteiger partial charge in [0.15, 0.2) is 0 Å². The third kappa shape index (κ3) is 12.2. The lowest BCUT2D eigenvalue weighted by Gasteiger charge is -2.12. The molecule has 120 valence electrons. The molecule has 0 aliphatic rings. The largest absolute Gasteiger partial charge is 0.491 e. The SMILES string of the molecule is C=C(Br)C=C(C=C(C)NC(=O)CCC(F)(F)F)OC(C)C. The minimum atomic E-state index is -4.34. The normalized spacial score (nSPS) is 13.3. The first kappa shape index (κ1) is 19.8. The van der Waals surface area contributed by atoms with Crippen molar-refractivity contribution in [3.63, 3.8) is 0 Å². The summed E-state index contributed by atoms with van der Waals surface area (Å²) in [7, 11) is 0. The molecule has 1 amide bonds. The summed E-state index contributed by atoms with van der Waals surface area (Å²) in [6.45, 7) is 8.87. The van der Waals surface area contributed by atoms with Crippen molar-refractivity contribution < 1.29 is 22.7 Å². The Hall–Kier alpha value is -1.24. The number of alkyl halides is 3. The van der Waals surface area contributed by atoms with Gasteiger partial charge >= 0.3 is 6.18 Å². The van der Waals surface area contributed by atoms with Crippen LogP contribution < -0.4 is 5.32 Å². The van der Waals surface area contributed by atoms with Gasteiger partial charge in [0, 0.05) is 16.6 Å². The van der Waals surface area contributed by atoms with Crippen molar-refractivity contribution >= 4 is 21.8 Å². The zero-order valence-corrected chi connectivity index (χ0v) is 13.8. The van der Waals surface area contributed by atoms with Gasteiger partial charge in [-0.3, -0.25) is 4.79 Å². The molecule has 0 heterocycles. The van der Waals surface area contributed by atoms with Crippen molar-refractivity contribution in [1.29, 1.82) is 0 Å². The maximum absolute atomic E-state index is 12.0. The molecule has 21 heavy (non-hydrogen) atoms. The highest BCUT2D eigenvalue weighted by Gasteiger charge is 2.27. The molecule has 0 aromatic heterocycles. The lowest BCUT2D eigenvalue weighted by molar-refractivity contribution is -0.143. The number of nitrogens with one attached hydrogen (secondary N) is 1. The standard InChI is InChI=1S/C14H19BrF3NO2/c1-9(2)21-12(7-10(3)15)8-11(4)19-13(20)5-6-14(16,17)18/h7-9H,3,5-6H2,1-2,4H3,(H,19,20). The quantitative estimate of drug-likeness (QED) is 0.527. The van der Waals surface area contributed by atoms with Crippen molar-refractivity contribution in [2.24, 2.45) is 0 Å². The summed E-state index contributed by atoms with van der Waals surface area (Å²) >= 11 is 3.16. The zero-order valence-electron chi connectivity index (χ0n) is 12.2. The van der Waals surface area contributed by atoms with Gasteiger partial charge in [0.05, 0.1) is 12.5 Å². The first-order valence-corrected chi connectivity index (χ1v) is 7.06. The maximum atomic E-state index is 12.0. The van der Waals surface area contributed by atoms with Crippen molar-refractivity contribution in [2.45, 2.75) is 45.9 Å². The van der Waals surface area contributed by atoms with Crippen molar-refractivity contribution in [3.05, 3.63) is 34.7 Å². The van der Waals surface area contributed by atoms with Crippen LogP contribution in [0.1, 0.15) is 33.6 Å². The molecule has 0 saturated heterocycles. The van der Waals surface area contributed by atoms with Gasteiger partial charge in [-0.25, -0.2) is 0 Å². The summed E-state index contributed by atoms with van der Waals surface area (Å²) in [5.41, 5.74) is 0.392. The van der Waals surface area contributed by atoms with Crippen LogP contribution in [0.5, 0.6) is 0 Å². The van der Waals surface area contributed by atoms with Crippen molar-refractivity contribution in [3.8, 4) is 0 Å². The molecule has 0 aliphatic carbocycles. The summed E-state index contributed by atoms with van der Waals surface area (Å²) in [4.78, 5) is 11.4. The Kier molecular flexibility index (Phi) is 8.39. The average molecular weight is 370 g/mol. The highest BCUT2D eigenvalue weighted by molar-refractivity contribution is 9.11. The van der Waals surface area contributed by atoms with E-state index in [2.05, 4.69) is 27.8 Å². The van der Waals surface area contributed by atoms with Gasteiger partial charge in [0.1, 0.15) is 5.76 Å². The van der Waals surface area contributed by atoms with E-state index in [1.54, 1.807) is 13.0 Å². The van der Waals surface area contributed by atoms with E-state index in [1.807, 2.05) is 13.8 Å². The Morgan fingerprint density at radius 2 is 1.95 bits per heavy atom. The smallest absolute Gasteiger partial charge is 0.389 e. The third-order valence-electron chi connectivity index (χ3n) is 2.00. The lowest BCUT2D eigenvalue weighted by atomic mass is 10.2. The summed E-state index contributed by atoms with van der Waals surface area (Å²) < 4.78 is 42.1. The van der Waals surface area contributed by atoms with Gasteiger partial charge in [0.2, 0.25) is 5.91 Å². The average Bonchev–Trinajstić information content (AvgIpc) is 2.22. The maximum Gasteiger partial charge on any atom is 0.389 e. The fourth-order valence-corrected chi connectivity index (χ4v) is 1.55. The van der Waals surface area contributed by atoms with Crippen molar-refractivity contribution in [1.82, 2.24) is 5.32 Å². The number of carbonyl (C=O) groups is 1. The molecule has 0 spiro atoms. The highest BCUT2D eigenvalue weighted by atomic mass is 79.9. The minimum absolute atomic E-state index is 0.0897. The Labute approximate surface area is 131 Å². The number of amides is 1. The molecule has 0 aliphatic heterocycles. The Balaban J connectivity index is 4.68. The molecular formula is C14H19BrF3NO2. The second-order valence-electron chi connectivity index (χ2n) is 4.65. The molecule has 0 fully saturated rings. The van der Waals surface area contributed by atoms with Gasteiger partial charge in [-0.2, -0.15) is 13.2 Å². The number of ether oxygens (including phenoxy) is 1. The lowest BCUT2D eigenvalue weighted by Crippen LogP contribution is -2.23. The van der Waals surface area contributed by atoms with Crippen molar-refractivity contribution in [2.75, 3.05) is 0 Å². The van der Waals surface area contributed by atoms with E-state index < -0.39 is 24.9 Å². The van der Waals surface area contributed by atoms with Crippen LogP contribution in [-0.4, -0.2) is 18.2 Å². The monoisotopic (exact) mass is 369 g/mol. The van der Waals surface area contributed by atoms with Crippen LogP contribution in [0, 0.1) is 0 Å². The minimum Gasteiger partial charge on any atom is -0.491 e. The summed E-state index contributed by atoms with van der Waals surface area (Å²) in [5, 5.41) is 2.39. The van der Waals surface area contributed by atoms with E-state index in [9.17, 15) is 18.0 Å². The van der Waals surface area contributed by atoms with E-state index in [0.29, 0.717) is 15.9 Å². The van der Waals surface area contributed by atoms with Crippen LogP contribution in [0.3, 0.4) is 0 Å². The number of allylic oxidation sites excluding steroid dienone is 4. The molecule has 0 saturated carbocycles. The molecule has 0 unspecified atom stereocenters. The molecule has 7 heteroatoms. The molecule has 0 aromatic carbocycles. The highest BCUT2D eigenvalue weighted by Crippen LogP contribution is 2.21. The number of carbonyl (C=O) groups excluding carboxylic acids is 1. The molecule has 1 N–H and O–H groups in total. The molecule has 0 aromatic rings. The second kappa shape index (κ2) is 8.92. The summed E-state index contributed by atoms with van der Waals surface area (Å²) in [5.74, 6) is -0.247. The number of hydrogen-bond acceptors (Lipinski definition) is 2. The van der Waals surface area contributed by atoms with Crippen LogP contribution in [0.15, 0.2) is 34.7 Å². The Morgan fingerprint density at radius 3 is 2.38 bits per heavy atom. The van der Waals surface area contributed by atoms with Crippen LogP contribution >= 0.6 is 15.9 Å². The van der Waals surface area contributed by atoms with E-state index in [1.165, 1.54) is 6.08 Å². The van der Waals surface area contributed by atoms with E-state index >= 15 is 0 Å². The van der Waals surface area contributed by atoms with Gasteiger partial charge in [-0.05, 0) is 32.9 Å². The van der Waals surface area contributed by atoms with Gasteiger partial charge in [0.25, 0.3) is 0 Å². The second-order valence-corrected chi connectivity index (χ2v) is 5.67. The van der Waals surface area contributed by atoms with E-state index in [-0.39, 0.29) is 6.10 Å². The molecule has 3 nitrogen and oxygen atoms in total. The first-order valence-electron chi connectivity index (χ1n) is 6.27. The number of rotatable bonds is 7. The van der Waals surface area contributed by atoms with E-state index in [4.69, 9.17) is 4.74 Å². The molecule has 0 radical (unpaired) electrons. The van der Waals surface area contributed by atoms with Crippen LogP contribution in [0.4, 0.5) is 13.2 Å². The predicted molar refractivity (Wildman–Crippen MR) is 79.6 cm³/mol. The molecular weight excluding hydrogens is 351 g/mol. The Bertz CT molecular complexity index is 440. The van der Waals surface area contributed by atoms with Gasteiger partial charge < -0.3 is 10.1 Å². The van der Waals surface area contributed by atoms with Crippen LogP contribution in [0.25, 0.3) is 0 Å². The fourth-order valence-electron chi connectivity index (χ4n) is 1.32. The zero-order chi connectivity index (χ0) is 16.6.